The van der Waals surface area contributed by atoms with Crippen LogP contribution in [0, 0.1) is 13.8 Å². The first-order valence-electron chi connectivity index (χ1n) is 6.42. The van der Waals surface area contributed by atoms with Crippen molar-refractivity contribution in [1.82, 2.24) is 9.38 Å². The van der Waals surface area contributed by atoms with Gasteiger partial charge in [0.1, 0.15) is 0 Å². The fourth-order valence-corrected chi connectivity index (χ4v) is 3.11. The fraction of sp³-hybridized carbons (Fsp3) is 0.267. The zero-order valence-corrected chi connectivity index (χ0v) is 12.0. The van der Waals surface area contributed by atoms with Crippen molar-refractivity contribution >= 4 is 16.3 Å². The molecule has 0 aliphatic carbocycles. The predicted octanol–water partition coefficient (Wildman–Crippen LogP) is 3.18. The number of hydrogen-bond acceptors (Lipinski definition) is 3. The highest BCUT2D eigenvalue weighted by atomic mass is 32.1. The number of rotatable bonds is 3. The molecular formula is C15H17N3S. The molecule has 0 saturated carbocycles. The lowest BCUT2D eigenvalue weighted by Gasteiger charge is -2.04. The molecule has 3 aromatic rings. The topological polar surface area (TPSA) is 43.3 Å². The van der Waals surface area contributed by atoms with Crippen LogP contribution in [0.3, 0.4) is 0 Å². The third-order valence-corrected chi connectivity index (χ3v) is 4.30. The van der Waals surface area contributed by atoms with Gasteiger partial charge in [0.05, 0.1) is 11.4 Å². The normalized spacial score (nSPS) is 11.3. The largest absolute Gasteiger partial charge is 0.330 e. The van der Waals surface area contributed by atoms with E-state index in [2.05, 4.69) is 53.0 Å². The zero-order chi connectivity index (χ0) is 13.4. The van der Waals surface area contributed by atoms with E-state index in [1.54, 1.807) is 11.3 Å². The minimum absolute atomic E-state index is 0.643. The number of aryl methyl sites for hydroxylation is 2. The number of fused-ring (bicyclic) bond motifs is 1. The van der Waals surface area contributed by atoms with E-state index in [1.165, 1.54) is 22.4 Å². The molecule has 1 aromatic carbocycles. The average molecular weight is 271 g/mol. The minimum Gasteiger partial charge on any atom is -0.330 e. The molecule has 3 rings (SSSR count). The Kier molecular flexibility index (Phi) is 3.12. The van der Waals surface area contributed by atoms with Gasteiger partial charge in [0.2, 0.25) is 0 Å². The summed E-state index contributed by atoms with van der Waals surface area (Å²) in [5, 5.41) is 2.17. The second-order valence-electron chi connectivity index (χ2n) is 4.84. The van der Waals surface area contributed by atoms with Gasteiger partial charge >= 0.3 is 0 Å². The van der Waals surface area contributed by atoms with Gasteiger partial charge < -0.3 is 5.73 Å². The molecule has 0 unspecified atom stereocenters. The average Bonchev–Trinajstić information content (AvgIpc) is 2.93. The first kappa shape index (κ1) is 12.4. The minimum atomic E-state index is 0.643. The highest BCUT2D eigenvalue weighted by Gasteiger charge is 2.10. The monoisotopic (exact) mass is 271 g/mol. The molecular weight excluding hydrogens is 254 g/mol. The SMILES string of the molecule is Cc1ccc(-c2csc3nc(CCN)cn23)cc1C. The zero-order valence-electron chi connectivity index (χ0n) is 11.2. The maximum absolute atomic E-state index is 5.59. The van der Waals surface area contributed by atoms with Crippen molar-refractivity contribution in [1.29, 1.82) is 0 Å². The molecule has 2 N–H and O–H groups in total. The Morgan fingerprint density at radius 2 is 2.11 bits per heavy atom. The van der Waals surface area contributed by atoms with Crippen molar-refractivity contribution in [2.45, 2.75) is 20.3 Å². The Hall–Kier alpha value is -1.65. The molecule has 0 atom stereocenters. The first-order chi connectivity index (χ1) is 9.19. The Morgan fingerprint density at radius 3 is 2.84 bits per heavy atom. The standard InChI is InChI=1S/C15H17N3S/c1-10-3-4-12(7-11(10)2)14-9-19-15-17-13(5-6-16)8-18(14)15/h3-4,7-9H,5-6,16H2,1-2H3. The quantitative estimate of drug-likeness (QED) is 0.795. The van der Waals surface area contributed by atoms with Gasteiger partial charge in [0.25, 0.3) is 0 Å². The van der Waals surface area contributed by atoms with Gasteiger partial charge in [-0.2, -0.15) is 0 Å². The molecule has 0 aliphatic heterocycles. The van der Waals surface area contributed by atoms with E-state index in [0.29, 0.717) is 6.54 Å². The van der Waals surface area contributed by atoms with Crippen molar-refractivity contribution in [3.8, 4) is 11.3 Å². The lowest BCUT2D eigenvalue weighted by atomic mass is 10.0. The number of imidazole rings is 1. The lowest BCUT2D eigenvalue weighted by molar-refractivity contribution is 0.937. The number of benzene rings is 1. The van der Waals surface area contributed by atoms with E-state index >= 15 is 0 Å². The van der Waals surface area contributed by atoms with Crippen molar-refractivity contribution < 1.29 is 0 Å². The molecule has 0 saturated heterocycles. The molecule has 0 aliphatic rings. The van der Waals surface area contributed by atoms with Gasteiger partial charge in [0.15, 0.2) is 4.96 Å². The summed E-state index contributed by atoms with van der Waals surface area (Å²) in [5.41, 5.74) is 11.8. The van der Waals surface area contributed by atoms with E-state index in [4.69, 9.17) is 5.73 Å². The molecule has 98 valence electrons. The van der Waals surface area contributed by atoms with Crippen LogP contribution in [0.4, 0.5) is 0 Å². The van der Waals surface area contributed by atoms with Gasteiger partial charge in [-0.05, 0) is 43.1 Å². The molecule has 0 amide bonds. The van der Waals surface area contributed by atoms with Crippen molar-refractivity contribution in [3.63, 3.8) is 0 Å². The van der Waals surface area contributed by atoms with E-state index in [-0.39, 0.29) is 0 Å². The predicted molar refractivity (Wildman–Crippen MR) is 80.7 cm³/mol. The van der Waals surface area contributed by atoms with Gasteiger partial charge in [-0.15, -0.1) is 11.3 Å². The number of nitrogens with zero attached hydrogens (tertiary/aromatic N) is 2. The summed E-state index contributed by atoms with van der Waals surface area (Å²) in [4.78, 5) is 5.63. The van der Waals surface area contributed by atoms with Crippen LogP contribution >= 0.6 is 11.3 Å². The molecule has 3 nitrogen and oxygen atoms in total. The summed E-state index contributed by atoms with van der Waals surface area (Å²) in [7, 11) is 0. The number of aromatic nitrogens is 2. The smallest absolute Gasteiger partial charge is 0.194 e. The second-order valence-corrected chi connectivity index (χ2v) is 5.68. The lowest BCUT2D eigenvalue weighted by Crippen LogP contribution is -2.02. The Balaban J connectivity index is 2.10. The van der Waals surface area contributed by atoms with E-state index in [9.17, 15) is 0 Å². The molecule has 0 fully saturated rings. The fourth-order valence-electron chi connectivity index (χ4n) is 2.21. The molecule has 2 heterocycles. The number of hydrogen-bond donors (Lipinski definition) is 1. The highest BCUT2D eigenvalue weighted by molar-refractivity contribution is 7.15. The highest BCUT2D eigenvalue weighted by Crippen LogP contribution is 2.27. The van der Waals surface area contributed by atoms with Crippen molar-refractivity contribution in [2.75, 3.05) is 6.54 Å². The molecule has 0 radical (unpaired) electrons. The van der Waals surface area contributed by atoms with Crippen LogP contribution in [0.15, 0.2) is 29.8 Å². The van der Waals surface area contributed by atoms with Crippen LogP contribution in [-0.2, 0) is 6.42 Å². The molecule has 4 heteroatoms. The Bertz CT molecular complexity index is 724. The van der Waals surface area contributed by atoms with Crippen LogP contribution in [0.1, 0.15) is 16.8 Å². The van der Waals surface area contributed by atoms with E-state index in [0.717, 1.165) is 17.1 Å². The summed E-state index contributed by atoms with van der Waals surface area (Å²) >= 11 is 1.68. The first-order valence-corrected chi connectivity index (χ1v) is 7.30. The van der Waals surface area contributed by atoms with Gasteiger partial charge in [-0.25, -0.2) is 4.98 Å². The maximum atomic E-state index is 5.59. The summed E-state index contributed by atoms with van der Waals surface area (Å²) < 4.78 is 2.17. The second kappa shape index (κ2) is 4.79. The molecule has 2 aromatic heterocycles. The van der Waals surface area contributed by atoms with Gasteiger partial charge in [0, 0.05) is 18.0 Å². The summed E-state index contributed by atoms with van der Waals surface area (Å²) in [5.74, 6) is 0. The summed E-state index contributed by atoms with van der Waals surface area (Å²) in [6.45, 7) is 4.93. The van der Waals surface area contributed by atoms with Gasteiger partial charge in [-0.3, -0.25) is 4.40 Å². The number of thiazole rings is 1. The maximum Gasteiger partial charge on any atom is 0.194 e. The summed E-state index contributed by atoms with van der Waals surface area (Å²) in [6, 6.07) is 6.58. The van der Waals surface area contributed by atoms with Crippen LogP contribution in [0.2, 0.25) is 0 Å². The van der Waals surface area contributed by atoms with E-state index < -0.39 is 0 Å². The molecule has 0 spiro atoms. The third kappa shape index (κ3) is 2.17. The Labute approximate surface area is 116 Å². The summed E-state index contributed by atoms with van der Waals surface area (Å²) in [6.07, 6.45) is 2.93. The van der Waals surface area contributed by atoms with Crippen molar-refractivity contribution in [3.05, 3.63) is 46.6 Å². The van der Waals surface area contributed by atoms with Crippen molar-refractivity contribution in [2.24, 2.45) is 5.73 Å². The van der Waals surface area contributed by atoms with Crippen LogP contribution in [0.25, 0.3) is 16.2 Å². The van der Waals surface area contributed by atoms with Crippen LogP contribution in [-0.4, -0.2) is 15.9 Å². The van der Waals surface area contributed by atoms with E-state index in [1.807, 2.05) is 0 Å². The molecule has 19 heavy (non-hydrogen) atoms. The molecule has 0 bridgehead atoms. The Morgan fingerprint density at radius 1 is 1.26 bits per heavy atom. The van der Waals surface area contributed by atoms with Crippen LogP contribution < -0.4 is 5.73 Å². The van der Waals surface area contributed by atoms with Gasteiger partial charge in [-0.1, -0.05) is 12.1 Å². The number of nitrogens with two attached hydrogens (primary N) is 1. The third-order valence-electron chi connectivity index (χ3n) is 3.46. The van der Waals surface area contributed by atoms with Crippen LogP contribution in [0.5, 0.6) is 0 Å².